The van der Waals surface area contributed by atoms with E-state index in [0.717, 1.165) is 17.7 Å². The van der Waals surface area contributed by atoms with Crippen LogP contribution >= 0.6 is 0 Å². The van der Waals surface area contributed by atoms with Gasteiger partial charge >= 0.3 is 5.97 Å². The molecule has 0 aliphatic carbocycles. The summed E-state index contributed by atoms with van der Waals surface area (Å²) in [7, 11) is 0. The number of H-pyrrole nitrogens is 1. The van der Waals surface area contributed by atoms with Crippen LogP contribution in [0, 0.1) is 0 Å². The van der Waals surface area contributed by atoms with Crippen LogP contribution in [-0.2, 0) is 22.6 Å². The summed E-state index contributed by atoms with van der Waals surface area (Å²) in [6.45, 7) is 1.79. The molecule has 0 bridgehead atoms. The molecule has 2 aliphatic rings. The number of phenols is 2. The Hall–Kier alpha value is -5.90. The number of aromatic nitrogens is 1. The zero-order valence-electron chi connectivity index (χ0n) is 32.1. The van der Waals surface area contributed by atoms with Gasteiger partial charge in [0.25, 0.3) is 0 Å². The minimum absolute atomic E-state index is 0.0147. The van der Waals surface area contributed by atoms with Gasteiger partial charge in [-0.3, -0.25) is 4.79 Å². The number of rotatable bonds is 15. The zero-order chi connectivity index (χ0) is 42.9. The van der Waals surface area contributed by atoms with Gasteiger partial charge in [-0.15, -0.1) is 0 Å². The number of aliphatic carboxylic acids is 1. The average Bonchev–Trinajstić information content (AvgIpc) is 3.91. The van der Waals surface area contributed by atoms with Crippen LogP contribution in [0.1, 0.15) is 36.3 Å². The van der Waals surface area contributed by atoms with Gasteiger partial charge < -0.3 is 85.6 Å². The fourth-order valence-corrected chi connectivity index (χ4v) is 7.42. The third-order valence-corrected chi connectivity index (χ3v) is 10.5. The van der Waals surface area contributed by atoms with Gasteiger partial charge in [-0.2, -0.15) is 0 Å². The Morgan fingerprint density at radius 2 is 1.80 bits per heavy atom. The van der Waals surface area contributed by atoms with E-state index >= 15 is 0 Å². The highest BCUT2D eigenvalue weighted by atomic mass is 16.7. The van der Waals surface area contributed by atoms with Gasteiger partial charge in [0, 0.05) is 42.6 Å². The molecule has 7 rings (SSSR count). The molecule has 0 spiro atoms. The zero-order valence-corrected chi connectivity index (χ0v) is 32.1. The highest BCUT2D eigenvalue weighted by Crippen LogP contribution is 2.45. The number of phenolic OH excluding ortho intramolecular Hbond substituents is 2. The maximum Gasteiger partial charge on any atom is 0.336 e. The van der Waals surface area contributed by atoms with E-state index in [1.807, 2.05) is 6.92 Å². The molecule has 5 aromatic rings. The first-order chi connectivity index (χ1) is 28.7. The lowest BCUT2D eigenvalue weighted by Crippen LogP contribution is -2.70. The molecule has 4 heterocycles. The second kappa shape index (κ2) is 17.4. The number of aromatic hydroxyl groups is 2. The normalized spacial score (nSPS) is 23.9. The number of nitrogens with one attached hydrogen (secondary N) is 3. The lowest BCUT2D eigenvalue weighted by atomic mass is 9.79. The Morgan fingerprint density at radius 3 is 2.45 bits per heavy atom. The topological polar surface area (TPSA) is 312 Å². The molecule has 2 aliphatic heterocycles. The minimum atomic E-state index is -2.47. The quantitative estimate of drug-likeness (QED) is 0.0698. The summed E-state index contributed by atoms with van der Waals surface area (Å²) in [5, 5.41) is 92.3. The number of aliphatic hydroxyl groups is 5. The van der Waals surface area contributed by atoms with Crippen LogP contribution < -0.4 is 36.0 Å². The number of hydrogen-bond acceptors (Lipinski definition) is 17. The summed E-state index contributed by atoms with van der Waals surface area (Å²) >= 11 is 0. The molecule has 8 atom stereocenters. The van der Waals surface area contributed by atoms with Crippen molar-refractivity contribution in [1.29, 1.82) is 0 Å². The average molecular weight is 835 g/mol. The number of aryl methyl sites for hydroxylation is 1. The number of aliphatic hydroxyl groups excluding tert-OH is 4. The van der Waals surface area contributed by atoms with Crippen molar-refractivity contribution < 1.29 is 69.0 Å². The summed E-state index contributed by atoms with van der Waals surface area (Å²) in [5.74, 6) is -2.73. The van der Waals surface area contributed by atoms with Gasteiger partial charge in [0.15, 0.2) is 29.1 Å². The van der Waals surface area contributed by atoms with Crippen molar-refractivity contribution in [3.05, 3.63) is 93.8 Å². The van der Waals surface area contributed by atoms with Crippen LogP contribution in [0.5, 0.6) is 28.7 Å². The van der Waals surface area contributed by atoms with E-state index in [0.29, 0.717) is 42.3 Å². The second-order valence-electron chi connectivity index (χ2n) is 14.7. The van der Waals surface area contributed by atoms with E-state index in [1.165, 1.54) is 18.2 Å². The first-order valence-corrected chi connectivity index (χ1v) is 19.0. The van der Waals surface area contributed by atoms with Gasteiger partial charge in [0.1, 0.15) is 64.6 Å². The van der Waals surface area contributed by atoms with Crippen molar-refractivity contribution in [2.24, 2.45) is 0 Å². The Balaban J connectivity index is 1.22. The smallest absolute Gasteiger partial charge is 0.336 e. The summed E-state index contributed by atoms with van der Waals surface area (Å²) < 4.78 is 29.5. The molecule has 2 aromatic heterocycles. The highest BCUT2D eigenvalue weighted by Gasteiger charge is 2.59. The van der Waals surface area contributed by atoms with Gasteiger partial charge in [-0.25, -0.2) is 4.79 Å². The fraction of sp³-hybridized carbons (Fsp3) is 0.366. The van der Waals surface area contributed by atoms with Gasteiger partial charge in [0.2, 0.25) is 12.0 Å². The number of fused-ring (bicyclic) bond motifs is 1. The number of nitrogens with two attached hydrogens (primary N) is 1. The van der Waals surface area contributed by atoms with Gasteiger partial charge in [-0.1, -0.05) is 13.0 Å². The van der Waals surface area contributed by atoms with E-state index < -0.39 is 83.7 Å². The monoisotopic (exact) mass is 834 g/mol. The second-order valence-corrected chi connectivity index (χ2v) is 14.7. The third kappa shape index (κ3) is 8.56. The molecule has 2 saturated heterocycles. The number of anilines is 1. The molecule has 60 heavy (non-hydrogen) atoms. The molecule has 3 aromatic carbocycles. The molecular formula is C41H46N4O15. The summed E-state index contributed by atoms with van der Waals surface area (Å²) in [6, 6.07) is 15.8. The van der Waals surface area contributed by atoms with E-state index in [-0.39, 0.29) is 41.3 Å². The molecule has 19 nitrogen and oxygen atoms in total. The number of carboxylic acids is 1. The third-order valence-electron chi connectivity index (χ3n) is 10.5. The Morgan fingerprint density at radius 1 is 1.05 bits per heavy atom. The van der Waals surface area contributed by atoms with Crippen LogP contribution in [-0.4, -0.2) is 114 Å². The molecule has 2 fully saturated rings. The van der Waals surface area contributed by atoms with E-state index in [4.69, 9.17) is 29.1 Å². The number of benzene rings is 3. The standard InChI is InChI=1S/C41H46N4O15/c1-2-19-9-20(11-23(47)10-19)17-56-36-29(59-40-35(51)37(52)41(55,38(60-40)39(53)54)14-22-15-43-18-44-22)13-28-32(34(36)50)26(48)12-27(58-28)21-3-5-24(6-4-21)57-30(16-46)33(49)25-7-8-31(42)45-25/h3-13,22,30,33,35,37-38,40,43-47,49-52,55H,2,14-18,42H2,1H3,(H,53,54). The first kappa shape index (κ1) is 42.2. The SMILES string of the molecule is CCc1cc(O)cc(COc2c(OC3OC(C(=O)O)C(O)(CC4CNCN4)C(O)C3O)cc3oc(-c4ccc(OC(CO)C(O)c5ccc(N)[nH]5)cc4)cc(=O)c3c2O)c1. The number of aromatic amines is 1. The van der Waals surface area contributed by atoms with E-state index in [1.54, 1.807) is 36.4 Å². The van der Waals surface area contributed by atoms with Gasteiger partial charge in [-0.05, 0) is 72.5 Å². The van der Waals surface area contributed by atoms with Crippen molar-refractivity contribution in [2.45, 2.75) is 74.8 Å². The Labute approximate surface area is 341 Å². The van der Waals surface area contributed by atoms with E-state index in [2.05, 4.69) is 15.6 Å². The van der Waals surface area contributed by atoms with Crippen molar-refractivity contribution in [1.82, 2.24) is 15.6 Å². The molecule has 0 saturated carbocycles. The van der Waals surface area contributed by atoms with Crippen LogP contribution in [0.3, 0.4) is 0 Å². The highest BCUT2D eigenvalue weighted by molar-refractivity contribution is 5.89. The van der Waals surface area contributed by atoms with Crippen LogP contribution in [0.2, 0.25) is 0 Å². The first-order valence-electron chi connectivity index (χ1n) is 19.0. The number of carbonyl (C=O) groups is 1. The Kier molecular flexibility index (Phi) is 12.2. The van der Waals surface area contributed by atoms with Crippen LogP contribution in [0.25, 0.3) is 22.3 Å². The molecule has 8 unspecified atom stereocenters. The number of nitrogen functional groups attached to an aromatic ring is 1. The Bertz CT molecular complexity index is 2380. The van der Waals surface area contributed by atoms with Crippen molar-refractivity contribution in [3.8, 4) is 40.1 Å². The fourth-order valence-electron chi connectivity index (χ4n) is 7.42. The number of ether oxygens (including phenoxy) is 4. The molecule has 13 N–H and O–H groups in total. The molecule has 0 radical (unpaired) electrons. The van der Waals surface area contributed by atoms with E-state index in [9.17, 15) is 50.4 Å². The minimum Gasteiger partial charge on any atom is -0.508 e. The summed E-state index contributed by atoms with van der Waals surface area (Å²) in [6.07, 6.45) is -10.3. The van der Waals surface area contributed by atoms with Crippen molar-refractivity contribution in [2.75, 3.05) is 25.6 Å². The molecular weight excluding hydrogens is 788 g/mol. The van der Waals surface area contributed by atoms with Crippen molar-refractivity contribution >= 4 is 22.8 Å². The molecule has 19 heteroatoms. The maximum absolute atomic E-state index is 13.7. The summed E-state index contributed by atoms with van der Waals surface area (Å²) in [4.78, 5) is 29.0. The van der Waals surface area contributed by atoms with Crippen molar-refractivity contribution in [3.63, 3.8) is 0 Å². The predicted molar refractivity (Wildman–Crippen MR) is 211 cm³/mol. The number of hydrogen-bond donors (Lipinski definition) is 12. The number of carboxylic acid groups (broad SMARTS) is 1. The lowest BCUT2D eigenvalue weighted by Gasteiger charge is -2.47. The largest absolute Gasteiger partial charge is 0.508 e. The lowest BCUT2D eigenvalue weighted by molar-refractivity contribution is -0.307. The predicted octanol–water partition coefficient (Wildman–Crippen LogP) is 0.946. The van der Waals surface area contributed by atoms with Gasteiger partial charge in [0.05, 0.1) is 6.61 Å². The molecule has 320 valence electrons. The summed E-state index contributed by atoms with van der Waals surface area (Å²) in [5.41, 5.74) is 4.23. The maximum atomic E-state index is 13.7. The van der Waals surface area contributed by atoms with Crippen LogP contribution in [0.15, 0.2) is 75.9 Å². The van der Waals surface area contributed by atoms with Crippen LogP contribution in [0.4, 0.5) is 5.82 Å². The molecule has 0 amide bonds.